The highest BCUT2D eigenvalue weighted by molar-refractivity contribution is 5.68. The monoisotopic (exact) mass is 482 g/mol. The van der Waals surface area contributed by atoms with Gasteiger partial charge in [0.15, 0.2) is 0 Å². The molecule has 0 heterocycles. The first-order valence-electron chi connectivity index (χ1n) is 11.8. The lowest BCUT2D eigenvalue weighted by Gasteiger charge is -2.14. The van der Waals surface area contributed by atoms with Crippen LogP contribution in [0.3, 0.4) is 0 Å². The fourth-order valence-corrected chi connectivity index (χ4v) is 3.88. The Hall–Kier alpha value is -4.25. The molecule has 0 fully saturated rings. The van der Waals surface area contributed by atoms with Crippen LogP contribution >= 0.6 is 0 Å². The third kappa shape index (κ3) is 6.45. The van der Waals surface area contributed by atoms with Gasteiger partial charge < -0.3 is 18.9 Å². The molecule has 0 amide bonds. The molecule has 0 aliphatic heterocycles. The number of carbonyl (C=O) groups is 1. The summed E-state index contributed by atoms with van der Waals surface area (Å²) in [5.74, 6) is 2.35. The lowest BCUT2D eigenvalue weighted by atomic mass is 10.1. The third-order valence-electron chi connectivity index (χ3n) is 5.76. The van der Waals surface area contributed by atoms with Crippen LogP contribution in [0.1, 0.15) is 33.4 Å². The highest BCUT2D eigenvalue weighted by atomic mass is 16.7. The largest absolute Gasteiger partial charge is 0.519 e. The number of hydrogen-bond acceptors (Lipinski definition) is 5. The van der Waals surface area contributed by atoms with Crippen molar-refractivity contribution in [2.75, 3.05) is 0 Å². The van der Waals surface area contributed by atoms with E-state index in [1.165, 1.54) is 11.1 Å². The summed E-state index contributed by atoms with van der Waals surface area (Å²) >= 11 is 0. The van der Waals surface area contributed by atoms with Crippen LogP contribution in [0.4, 0.5) is 4.79 Å². The molecule has 0 aliphatic rings. The standard InChI is InChI=1S/C31H30O5/c1-21-13-15-27(23(3)17-21)33-19-25-9-5-7-11-29(25)35-31(32)36-30-12-8-6-10-26(30)20-34-28-16-14-22(2)18-24(28)4/h5-18H,19-20H2,1-4H3. The Morgan fingerprint density at radius 2 is 0.972 bits per heavy atom. The Labute approximate surface area is 212 Å². The van der Waals surface area contributed by atoms with Crippen LogP contribution in [0.5, 0.6) is 23.0 Å². The van der Waals surface area contributed by atoms with E-state index in [9.17, 15) is 4.79 Å². The molecule has 0 unspecified atom stereocenters. The van der Waals surface area contributed by atoms with E-state index in [1.54, 1.807) is 24.3 Å². The zero-order valence-corrected chi connectivity index (χ0v) is 21.0. The molecule has 0 aliphatic carbocycles. The fraction of sp³-hybridized carbons (Fsp3) is 0.194. The molecule has 0 N–H and O–H groups in total. The second-order valence-corrected chi connectivity index (χ2v) is 8.78. The number of para-hydroxylation sites is 2. The van der Waals surface area contributed by atoms with E-state index in [0.717, 1.165) is 33.8 Å². The molecule has 0 saturated carbocycles. The van der Waals surface area contributed by atoms with Crippen molar-refractivity contribution < 1.29 is 23.7 Å². The Balaban J connectivity index is 1.41. The van der Waals surface area contributed by atoms with Gasteiger partial charge in [0.2, 0.25) is 0 Å². The van der Waals surface area contributed by atoms with Crippen LogP contribution in [0.25, 0.3) is 0 Å². The molecular weight excluding hydrogens is 452 g/mol. The first-order valence-corrected chi connectivity index (χ1v) is 11.8. The van der Waals surface area contributed by atoms with Crippen LogP contribution in [-0.4, -0.2) is 6.16 Å². The van der Waals surface area contributed by atoms with E-state index in [1.807, 2.05) is 76.2 Å². The Bertz CT molecular complexity index is 1260. The topological polar surface area (TPSA) is 54.0 Å². The van der Waals surface area contributed by atoms with Crippen LogP contribution in [0.15, 0.2) is 84.9 Å². The van der Waals surface area contributed by atoms with E-state index in [-0.39, 0.29) is 13.2 Å². The Morgan fingerprint density at radius 3 is 1.39 bits per heavy atom. The molecule has 5 nitrogen and oxygen atoms in total. The molecule has 0 aromatic heterocycles. The molecule has 4 aromatic carbocycles. The van der Waals surface area contributed by atoms with Gasteiger partial charge in [-0.3, -0.25) is 0 Å². The lowest BCUT2D eigenvalue weighted by molar-refractivity contribution is 0.149. The summed E-state index contributed by atoms with van der Waals surface area (Å²) in [4.78, 5) is 12.7. The number of ether oxygens (including phenoxy) is 4. The van der Waals surface area contributed by atoms with Crippen molar-refractivity contribution in [1.82, 2.24) is 0 Å². The number of benzene rings is 4. The predicted octanol–water partition coefficient (Wildman–Crippen LogP) is 7.66. The maximum absolute atomic E-state index is 12.7. The van der Waals surface area contributed by atoms with Gasteiger partial charge in [0.1, 0.15) is 36.2 Å². The van der Waals surface area contributed by atoms with Gasteiger partial charge in [-0.15, -0.1) is 0 Å². The molecule has 0 spiro atoms. The van der Waals surface area contributed by atoms with Crippen LogP contribution < -0.4 is 18.9 Å². The van der Waals surface area contributed by atoms with Gasteiger partial charge in [-0.2, -0.15) is 0 Å². The van der Waals surface area contributed by atoms with Gasteiger partial charge >= 0.3 is 6.16 Å². The smallest absolute Gasteiger partial charge is 0.488 e. The van der Waals surface area contributed by atoms with Gasteiger partial charge in [0.25, 0.3) is 0 Å². The minimum atomic E-state index is -0.826. The third-order valence-corrected chi connectivity index (χ3v) is 5.76. The second-order valence-electron chi connectivity index (χ2n) is 8.78. The van der Waals surface area contributed by atoms with E-state index in [0.29, 0.717) is 11.5 Å². The van der Waals surface area contributed by atoms with Crippen molar-refractivity contribution in [3.63, 3.8) is 0 Å². The van der Waals surface area contributed by atoms with Gasteiger partial charge in [0.05, 0.1) is 0 Å². The lowest BCUT2D eigenvalue weighted by Crippen LogP contribution is -2.16. The Kier molecular flexibility index (Phi) is 7.91. The first-order chi connectivity index (χ1) is 17.4. The van der Waals surface area contributed by atoms with Crippen molar-refractivity contribution in [2.24, 2.45) is 0 Å². The number of hydrogen-bond donors (Lipinski definition) is 0. The molecule has 184 valence electrons. The summed E-state index contributed by atoms with van der Waals surface area (Å²) < 4.78 is 23.1. The summed E-state index contributed by atoms with van der Waals surface area (Å²) in [5, 5.41) is 0. The fourth-order valence-electron chi connectivity index (χ4n) is 3.88. The van der Waals surface area contributed by atoms with Gasteiger partial charge in [-0.25, -0.2) is 4.79 Å². The zero-order valence-electron chi connectivity index (χ0n) is 21.0. The van der Waals surface area contributed by atoms with Crippen molar-refractivity contribution >= 4 is 6.16 Å². The van der Waals surface area contributed by atoms with E-state index in [4.69, 9.17) is 18.9 Å². The molecule has 0 radical (unpaired) electrons. The molecular formula is C31H30O5. The number of carbonyl (C=O) groups excluding carboxylic acids is 1. The molecule has 36 heavy (non-hydrogen) atoms. The van der Waals surface area contributed by atoms with Crippen LogP contribution in [-0.2, 0) is 13.2 Å². The number of rotatable bonds is 8. The van der Waals surface area contributed by atoms with Crippen LogP contribution in [0, 0.1) is 27.7 Å². The predicted molar refractivity (Wildman–Crippen MR) is 140 cm³/mol. The van der Waals surface area contributed by atoms with E-state index >= 15 is 0 Å². The maximum Gasteiger partial charge on any atom is 0.519 e. The molecule has 4 aromatic rings. The minimum Gasteiger partial charge on any atom is -0.488 e. The Morgan fingerprint density at radius 1 is 0.556 bits per heavy atom. The maximum atomic E-state index is 12.7. The minimum absolute atomic E-state index is 0.258. The highest BCUT2D eigenvalue weighted by Crippen LogP contribution is 2.26. The summed E-state index contributed by atoms with van der Waals surface area (Å²) in [6.07, 6.45) is -0.826. The van der Waals surface area contributed by atoms with Crippen molar-refractivity contribution in [1.29, 1.82) is 0 Å². The summed E-state index contributed by atoms with van der Waals surface area (Å²) in [5.41, 5.74) is 5.92. The normalized spacial score (nSPS) is 10.6. The second kappa shape index (κ2) is 11.5. The average molecular weight is 483 g/mol. The van der Waals surface area contributed by atoms with E-state index in [2.05, 4.69) is 12.1 Å². The average Bonchev–Trinajstić information content (AvgIpc) is 2.84. The first kappa shape index (κ1) is 24.9. The SMILES string of the molecule is Cc1ccc(OCc2ccccc2OC(=O)Oc2ccccc2COc2ccc(C)cc2C)c(C)c1. The van der Waals surface area contributed by atoms with Gasteiger partial charge in [-0.05, 0) is 63.1 Å². The summed E-state index contributed by atoms with van der Waals surface area (Å²) in [6.45, 7) is 8.60. The van der Waals surface area contributed by atoms with Gasteiger partial charge in [-0.1, -0.05) is 71.8 Å². The highest BCUT2D eigenvalue weighted by Gasteiger charge is 2.15. The number of aryl methyl sites for hydroxylation is 4. The summed E-state index contributed by atoms with van der Waals surface area (Å²) in [6, 6.07) is 26.5. The van der Waals surface area contributed by atoms with Crippen molar-refractivity contribution in [2.45, 2.75) is 40.9 Å². The molecule has 0 atom stereocenters. The van der Waals surface area contributed by atoms with Crippen LogP contribution in [0.2, 0.25) is 0 Å². The summed E-state index contributed by atoms with van der Waals surface area (Å²) in [7, 11) is 0. The van der Waals surface area contributed by atoms with E-state index < -0.39 is 6.16 Å². The molecule has 0 bridgehead atoms. The molecule has 4 rings (SSSR count). The zero-order chi connectivity index (χ0) is 25.5. The van der Waals surface area contributed by atoms with Crippen molar-refractivity contribution in [3.8, 4) is 23.0 Å². The quantitative estimate of drug-likeness (QED) is 0.191. The van der Waals surface area contributed by atoms with Gasteiger partial charge in [0, 0.05) is 11.1 Å². The molecule has 5 heteroatoms. The molecule has 0 saturated heterocycles. The van der Waals surface area contributed by atoms with Crippen molar-refractivity contribution in [3.05, 3.63) is 118 Å².